The normalized spacial score (nSPS) is 15.7. The van der Waals surface area contributed by atoms with Gasteiger partial charge in [0.15, 0.2) is 5.82 Å². The van der Waals surface area contributed by atoms with E-state index >= 15 is 0 Å². The van der Waals surface area contributed by atoms with Gasteiger partial charge in [-0.25, -0.2) is 4.39 Å². The quantitative estimate of drug-likeness (QED) is 0.789. The molecule has 5 nitrogen and oxygen atoms in total. The average molecular weight is 329 g/mol. The molecule has 3 rings (SSSR count). The van der Waals surface area contributed by atoms with Crippen LogP contribution in [0.5, 0.6) is 0 Å². The topological polar surface area (TPSA) is 62.7 Å². The SMILES string of the molecule is Fc1ccccc1CCNc1nncc(NC2CCCCCC2)n1. The second-order valence-corrected chi connectivity index (χ2v) is 6.27. The van der Waals surface area contributed by atoms with Crippen LogP contribution in [-0.4, -0.2) is 27.8 Å². The monoisotopic (exact) mass is 329 g/mol. The molecular weight excluding hydrogens is 305 g/mol. The number of halogens is 1. The van der Waals surface area contributed by atoms with E-state index in [0.29, 0.717) is 30.5 Å². The molecule has 0 bridgehead atoms. The first kappa shape index (κ1) is 16.6. The molecular formula is C18H24FN5. The van der Waals surface area contributed by atoms with Gasteiger partial charge in [-0.15, -0.1) is 5.10 Å². The minimum Gasteiger partial charge on any atom is -0.366 e. The molecule has 0 spiro atoms. The molecule has 1 aliphatic carbocycles. The van der Waals surface area contributed by atoms with Crippen LogP contribution in [0.1, 0.15) is 44.1 Å². The summed E-state index contributed by atoms with van der Waals surface area (Å²) in [7, 11) is 0. The molecule has 2 N–H and O–H groups in total. The fourth-order valence-electron chi connectivity index (χ4n) is 3.09. The van der Waals surface area contributed by atoms with Gasteiger partial charge in [-0.05, 0) is 30.9 Å². The molecule has 1 aromatic carbocycles. The highest BCUT2D eigenvalue weighted by Gasteiger charge is 2.13. The minimum absolute atomic E-state index is 0.179. The zero-order valence-corrected chi connectivity index (χ0v) is 13.8. The van der Waals surface area contributed by atoms with Crippen LogP contribution in [0.2, 0.25) is 0 Å². The summed E-state index contributed by atoms with van der Waals surface area (Å²) in [6.45, 7) is 0.565. The number of aromatic nitrogens is 3. The van der Waals surface area contributed by atoms with Gasteiger partial charge in [0.1, 0.15) is 5.82 Å². The fourth-order valence-corrected chi connectivity index (χ4v) is 3.09. The van der Waals surface area contributed by atoms with Gasteiger partial charge in [0.25, 0.3) is 0 Å². The summed E-state index contributed by atoms with van der Waals surface area (Å²) in [4.78, 5) is 4.46. The zero-order valence-electron chi connectivity index (χ0n) is 13.8. The molecule has 1 aromatic heterocycles. The zero-order chi connectivity index (χ0) is 16.6. The largest absolute Gasteiger partial charge is 0.366 e. The molecule has 2 aromatic rings. The lowest BCUT2D eigenvalue weighted by Gasteiger charge is -2.16. The number of benzene rings is 1. The standard InChI is InChI=1S/C18H24FN5/c19-16-10-6-5-7-14(16)11-12-20-18-23-17(13-21-24-18)22-15-8-3-1-2-4-9-15/h5-7,10,13,15H,1-4,8-9,11-12H2,(H2,20,22,23,24). The summed E-state index contributed by atoms with van der Waals surface area (Å²) < 4.78 is 13.6. The summed E-state index contributed by atoms with van der Waals surface area (Å²) in [5.41, 5.74) is 0.686. The van der Waals surface area contributed by atoms with Crippen molar-refractivity contribution < 1.29 is 4.39 Å². The lowest BCUT2D eigenvalue weighted by molar-refractivity contribution is 0.610. The molecule has 0 amide bonds. The van der Waals surface area contributed by atoms with E-state index in [2.05, 4.69) is 25.8 Å². The molecule has 1 heterocycles. The van der Waals surface area contributed by atoms with E-state index in [-0.39, 0.29) is 5.82 Å². The Bertz CT molecular complexity index is 641. The van der Waals surface area contributed by atoms with Gasteiger partial charge in [-0.3, -0.25) is 0 Å². The van der Waals surface area contributed by atoms with Crippen LogP contribution in [0, 0.1) is 5.82 Å². The van der Waals surface area contributed by atoms with Crippen LogP contribution in [0.4, 0.5) is 16.2 Å². The molecule has 24 heavy (non-hydrogen) atoms. The van der Waals surface area contributed by atoms with Gasteiger partial charge < -0.3 is 10.6 Å². The third-order valence-corrected chi connectivity index (χ3v) is 4.40. The predicted molar refractivity (Wildman–Crippen MR) is 93.5 cm³/mol. The van der Waals surface area contributed by atoms with E-state index in [1.54, 1.807) is 18.3 Å². The maximum atomic E-state index is 13.6. The molecule has 1 saturated carbocycles. The summed E-state index contributed by atoms with van der Waals surface area (Å²) in [6.07, 6.45) is 9.78. The van der Waals surface area contributed by atoms with Crippen LogP contribution in [0.25, 0.3) is 0 Å². The first-order chi connectivity index (χ1) is 11.8. The van der Waals surface area contributed by atoms with Crippen LogP contribution < -0.4 is 10.6 Å². The van der Waals surface area contributed by atoms with Crippen molar-refractivity contribution in [2.75, 3.05) is 17.2 Å². The molecule has 128 valence electrons. The molecule has 0 unspecified atom stereocenters. The number of nitrogens with one attached hydrogen (secondary N) is 2. The summed E-state index contributed by atoms with van der Waals surface area (Å²) in [6, 6.07) is 7.27. The highest BCUT2D eigenvalue weighted by atomic mass is 19.1. The van der Waals surface area contributed by atoms with Gasteiger partial charge in [0.05, 0.1) is 6.20 Å². The smallest absolute Gasteiger partial charge is 0.244 e. The van der Waals surface area contributed by atoms with Crippen molar-refractivity contribution >= 4 is 11.8 Å². The highest BCUT2D eigenvalue weighted by molar-refractivity contribution is 5.38. The van der Waals surface area contributed by atoms with E-state index in [4.69, 9.17) is 0 Å². The third kappa shape index (κ3) is 4.88. The minimum atomic E-state index is -0.179. The van der Waals surface area contributed by atoms with Crippen molar-refractivity contribution in [2.45, 2.75) is 51.0 Å². The first-order valence-corrected chi connectivity index (χ1v) is 8.75. The summed E-state index contributed by atoms with van der Waals surface area (Å²) >= 11 is 0. The van der Waals surface area contributed by atoms with Crippen LogP contribution in [0.3, 0.4) is 0 Å². The molecule has 0 atom stereocenters. The van der Waals surface area contributed by atoms with E-state index in [1.807, 2.05) is 6.07 Å². The summed E-state index contributed by atoms with van der Waals surface area (Å²) in [5.74, 6) is 1.05. The van der Waals surface area contributed by atoms with Gasteiger partial charge in [-0.2, -0.15) is 10.1 Å². The fraction of sp³-hybridized carbons (Fsp3) is 0.500. The Hall–Kier alpha value is -2.24. The van der Waals surface area contributed by atoms with Gasteiger partial charge >= 0.3 is 0 Å². The first-order valence-electron chi connectivity index (χ1n) is 8.75. The molecule has 0 radical (unpaired) electrons. The van der Waals surface area contributed by atoms with Crippen molar-refractivity contribution in [3.63, 3.8) is 0 Å². The van der Waals surface area contributed by atoms with Crippen molar-refractivity contribution in [2.24, 2.45) is 0 Å². The Morgan fingerprint density at radius 3 is 2.67 bits per heavy atom. The predicted octanol–water partition coefficient (Wildman–Crippen LogP) is 3.80. The average Bonchev–Trinajstić information content (AvgIpc) is 2.86. The molecule has 0 saturated heterocycles. The van der Waals surface area contributed by atoms with Crippen molar-refractivity contribution in [3.8, 4) is 0 Å². The Labute approximate surface area is 142 Å². The Balaban J connectivity index is 1.52. The van der Waals surface area contributed by atoms with E-state index < -0.39 is 0 Å². The lowest BCUT2D eigenvalue weighted by atomic mass is 10.1. The van der Waals surface area contributed by atoms with Crippen molar-refractivity contribution in [1.82, 2.24) is 15.2 Å². The second-order valence-electron chi connectivity index (χ2n) is 6.27. The molecule has 6 heteroatoms. The molecule has 1 aliphatic rings. The van der Waals surface area contributed by atoms with E-state index in [1.165, 1.54) is 44.6 Å². The second kappa shape index (κ2) is 8.57. The van der Waals surface area contributed by atoms with E-state index in [0.717, 1.165) is 5.82 Å². The molecule has 1 fully saturated rings. The Kier molecular flexibility index (Phi) is 5.93. The van der Waals surface area contributed by atoms with Gasteiger partial charge in [-0.1, -0.05) is 43.9 Å². The maximum Gasteiger partial charge on any atom is 0.244 e. The number of hydrogen-bond acceptors (Lipinski definition) is 5. The van der Waals surface area contributed by atoms with Crippen molar-refractivity contribution in [1.29, 1.82) is 0 Å². The number of hydrogen-bond donors (Lipinski definition) is 2. The molecule has 0 aliphatic heterocycles. The third-order valence-electron chi connectivity index (χ3n) is 4.40. The Morgan fingerprint density at radius 2 is 1.88 bits per heavy atom. The van der Waals surface area contributed by atoms with Gasteiger partial charge in [0, 0.05) is 12.6 Å². The van der Waals surface area contributed by atoms with Crippen LogP contribution >= 0.6 is 0 Å². The summed E-state index contributed by atoms with van der Waals surface area (Å²) in [5, 5.41) is 14.6. The van der Waals surface area contributed by atoms with Crippen LogP contribution in [0.15, 0.2) is 30.5 Å². The number of anilines is 2. The lowest BCUT2D eigenvalue weighted by Crippen LogP contribution is -2.20. The Morgan fingerprint density at radius 1 is 1.08 bits per heavy atom. The maximum absolute atomic E-state index is 13.6. The number of rotatable bonds is 6. The van der Waals surface area contributed by atoms with Crippen molar-refractivity contribution in [3.05, 3.63) is 41.8 Å². The van der Waals surface area contributed by atoms with Gasteiger partial charge in [0.2, 0.25) is 5.95 Å². The number of nitrogens with zero attached hydrogens (tertiary/aromatic N) is 3. The van der Waals surface area contributed by atoms with Crippen LogP contribution in [-0.2, 0) is 6.42 Å². The van der Waals surface area contributed by atoms with E-state index in [9.17, 15) is 4.39 Å². The highest BCUT2D eigenvalue weighted by Crippen LogP contribution is 2.20.